The van der Waals surface area contributed by atoms with E-state index >= 15 is 0 Å². The maximum Gasteiger partial charge on any atom is 0.0362 e. The molecule has 0 bridgehead atoms. The molecule has 0 atom stereocenters. The topological polar surface area (TPSA) is 15.3 Å². The summed E-state index contributed by atoms with van der Waals surface area (Å²) in [5, 5.41) is 3.62. The highest BCUT2D eigenvalue weighted by atomic mass is 15.1. The molecular weight excluding hydrogens is 256 g/mol. The molecular formula is C19H32N2. The van der Waals surface area contributed by atoms with Crippen LogP contribution in [0.2, 0.25) is 0 Å². The molecule has 21 heavy (non-hydrogen) atoms. The first-order valence-electron chi connectivity index (χ1n) is 8.37. The molecule has 2 nitrogen and oxygen atoms in total. The number of hydrogen-bond acceptors (Lipinski definition) is 2. The van der Waals surface area contributed by atoms with Crippen molar-refractivity contribution in [1.29, 1.82) is 0 Å². The van der Waals surface area contributed by atoms with Crippen LogP contribution in [0, 0.1) is 17.3 Å². The molecule has 2 heteroatoms. The van der Waals surface area contributed by atoms with E-state index in [-0.39, 0.29) is 0 Å². The molecule has 0 unspecified atom stereocenters. The Morgan fingerprint density at radius 1 is 1.00 bits per heavy atom. The average molecular weight is 288 g/mol. The van der Waals surface area contributed by atoms with Gasteiger partial charge in [-0.2, -0.15) is 0 Å². The first-order chi connectivity index (χ1) is 9.86. The van der Waals surface area contributed by atoms with Gasteiger partial charge in [-0.1, -0.05) is 20.8 Å². The quantitative estimate of drug-likeness (QED) is 0.837. The minimum Gasteiger partial charge on any atom is -0.385 e. The molecule has 1 aliphatic rings. The van der Waals surface area contributed by atoms with Crippen LogP contribution in [0.3, 0.4) is 0 Å². The number of hydrogen-bond donors (Lipinski definition) is 1. The van der Waals surface area contributed by atoms with Crippen LogP contribution in [0.1, 0.15) is 46.5 Å². The molecule has 0 heterocycles. The van der Waals surface area contributed by atoms with Crippen LogP contribution in [0.5, 0.6) is 0 Å². The van der Waals surface area contributed by atoms with Crippen LogP contribution >= 0.6 is 0 Å². The highest BCUT2D eigenvalue weighted by molar-refractivity contribution is 5.54. The SMILES string of the molecule is CN(C)c1ccc(NCC2CCC(C(C)(C)C)CC2)cc1. The van der Waals surface area contributed by atoms with E-state index in [0.717, 1.165) is 18.4 Å². The fraction of sp³-hybridized carbons (Fsp3) is 0.684. The fourth-order valence-corrected chi connectivity index (χ4v) is 3.37. The van der Waals surface area contributed by atoms with Gasteiger partial charge in [-0.3, -0.25) is 0 Å². The van der Waals surface area contributed by atoms with Crippen molar-refractivity contribution in [2.45, 2.75) is 46.5 Å². The lowest BCUT2D eigenvalue weighted by Crippen LogP contribution is -2.28. The van der Waals surface area contributed by atoms with Crippen LogP contribution in [0.4, 0.5) is 11.4 Å². The molecule has 0 spiro atoms. The molecule has 1 saturated carbocycles. The van der Waals surface area contributed by atoms with Gasteiger partial charge < -0.3 is 10.2 Å². The van der Waals surface area contributed by atoms with Crippen molar-refractivity contribution in [3.63, 3.8) is 0 Å². The summed E-state index contributed by atoms with van der Waals surface area (Å²) in [5.41, 5.74) is 2.99. The van der Waals surface area contributed by atoms with Crippen molar-refractivity contribution in [3.05, 3.63) is 24.3 Å². The van der Waals surface area contributed by atoms with Gasteiger partial charge in [-0.05, 0) is 67.2 Å². The Hall–Kier alpha value is -1.18. The molecule has 0 radical (unpaired) electrons. The van der Waals surface area contributed by atoms with Crippen molar-refractivity contribution in [2.75, 3.05) is 30.9 Å². The number of benzene rings is 1. The summed E-state index contributed by atoms with van der Waals surface area (Å²) in [6.45, 7) is 8.30. The van der Waals surface area contributed by atoms with E-state index in [4.69, 9.17) is 0 Å². The first-order valence-corrected chi connectivity index (χ1v) is 8.37. The van der Waals surface area contributed by atoms with Crippen molar-refractivity contribution in [3.8, 4) is 0 Å². The number of anilines is 2. The summed E-state index contributed by atoms with van der Waals surface area (Å²) in [4.78, 5) is 2.14. The second-order valence-corrected chi connectivity index (χ2v) is 7.91. The van der Waals surface area contributed by atoms with Gasteiger partial charge in [-0.15, -0.1) is 0 Å². The number of rotatable bonds is 4. The van der Waals surface area contributed by atoms with Gasteiger partial charge in [0.05, 0.1) is 0 Å². The van der Waals surface area contributed by atoms with Crippen LogP contribution in [0.25, 0.3) is 0 Å². The largest absolute Gasteiger partial charge is 0.385 e. The minimum atomic E-state index is 0.487. The van der Waals surface area contributed by atoms with Gasteiger partial charge in [0.1, 0.15) is 0 Å². The molecule has 0 amide bonds. The number of nitrogens with zero attached hydrogens (tertiary/aromatic N) is 1. The van der Waals surface area contributed by atoms with E-state index < -0.39 is 0 Å². The van der Waals surface area contributed by atoms with E-state index in [1.165, 1.54) is 37.1 Å². The molecule has 0 aromatic heterocycles. The zero-order valence-corrected chi connectivity index (χ0v) is 14.4. The van der Waals surface area contributed by atoms with E-state index in [0.29, 0.717) is 5.41 Å². The van der Waals surface area contributed by atoms with Crippen LogP contribution < -0.4 is 10.2 Å². The molecule has 1 aromatic carbocycles. The van der Waals surface area contributed by atoms with Gasteiger partial charge >= 0.3 is 0 Å². The zero-order chi connectivity index (χ0) is 15.5. The molecule has 2 rings (SSSR count). The van der Waals surface area contributed by atoms with Gasteiger partial charge in [0.15, 0.2) is 0 Å². The van der Waals surface area contributed by atoms with Gasteiger partial charge in [0.2, 0.25) is 0 Å². The molecule has 1 aromatic rings. The second-order valence-electron chi connectivity index (χ2n) is 7.91. The van der Waals surface area contributed by atoms with Crippen molar-refractivity contribution in [1.82, 2.24) is 0 Å². The van der Waals surface area contributed by atoms with Crippen molar-refractivity contribution >= 4 is 11.4 Å². The lowest BCUT2D eigenvalue weighted by Gasteiger charge is -2.37. The standard InChI is InChI=1S/C19H32N2/c1-19(2,3)16-8-6-15(7-9-16)14-20-17-10-12-18(13-11-17)21(4)5/h10-13,15-16,20H,6-9,14H2,1-5H3. The van der Waals surface area contributed by atoms with Crippen LogP contribution in [-0.4, -0.2) is 20.6 Å². The van der Waals surface area contributed by atoms with E-state index in [1.54, 1.807) is 0 Å². The summed E-state index contributed by atoms with van der Waals surface area (Å²) < 4.78 is 0. The Morgan fingerprint density at radius 3 is 2.05 bits per heavy atom. The van der Waals surface area contributed by atoms with E-state index in [2.05, 4.69) is 69.3 Å². The maximum atomic E-state index is 3.62. The molecule has 1 aliphatic carbocycles. The van der Waals surface area contributed by atoms with Gasteiger partial charge in [0, 0.05) is 32.0 Å². The fourth-order valence-electron chi connectivity index (χ4n) is 3.37. The third-order valence-corrected chi connectivity index (χ3v) is 5.05. The zero-order valence-electron chi connectivity index (χ0n) is 14.4. The molecule has 1 fully saturated rings. The predicted octanol–water partition coefficient (Wildman–Crippen LogP) is 5.02. The van der Waals surface area contributed by atoms with Crippen LogP contribution in [0.15, 0.2) is 24.3 Å². The smallest absolute Gasteiger partial charge is 0.0362 e. The summed E-state index contributed by atoms with van der Waals surface area (Å²) in [7, 11) is 4.16. The molecule has 0 aliphatic heterocycles. The summed E-state index contributed by atoms with van der Waals surface area (Å²) in [6, 6.07) is 8.74. The summed E-state index contributed by atoms with van der Waals surface area (Å²) >= 11 is 0. The van der Waals surface area contributed by atoms with Crippen molar-refractivity contribution in [2.24, 2.45) is 17.3 Å². The third-order valence-electron chi connectivity index (χ3n) is 5.05. The maximum absolute atomic E-state index is 3.62. The van der Waals surface area contributed by atoms with Crippen molar-refractivity contribution < 1.29 is 0 Å². The lowest BCUT2D eigenvalue weighted by atomic mass is 9.70. The highest BCUT2D eigenvalue weighted by Crippen LogP contribution is 2.39. The summed E-state index contributed by atoms with van der Waals surface area (Å²) in [5.74, 6) is 1.75. The minimum absolute atomic E-state index is 0.487. The Morgan fingerprint density at radius 2 is 1.57 bits per heavy atom. The monoisotopic (exact) mass is 288 g/mol. The molecule has 1 N–H and O–H groups in total. The van der Waals surface area contributed by atoms with E-state index in [9.17, 15) is 0 Å². The Kier molecular flexibility index (Phi) is 5.18. The number of nitrogens with one attached hydrogen (secondary N) is 1. The lowest BCUT2D eigenvalue weighted by molar-refractivity contribution is 0.153. The second kappa shape index (κ2) is 6.72. The highest BCUT2D eigenvalue weighted by Gasteiger charge is 2.29. The molecule has 0 saturated heterocycles. The van der Waals surface area contributed by atoms with Crippen LogP contribution in [-0.2, 0) is 0 Å². The molecule has 118 valence electrons. The first kappa shape index (κ1) is 16.2. The average Bonchev–Trinajstić information content (AvgIpc) is 2.45. The Bertz CT molecular complexity index is 420. The van der Waals surface area contributed by atoms with E-state index in [1.807, 2.05) is 0 Å². The third kappa shape index (κ3) is 4.66. The predicted molar refractivity (Wildman–Crippen MR) is 94.2 cm³/mol. The Labute approximate surface area is 130 Å². The normalized spacial score (nSPS) is 22.9. The summed E-state index contributed by atoms with van der Waals surface area (Å²) in [6.07, 6.45) is 5.56. The Balaban J connectivity index is 1.77. The van der Waals surface area contributed by atoms with Gasteiger partial charge in [-0.25, -0.2) is 0 Å². The van der Waals surface area contributed by atoms with Gasteiger partial charge in [0.25, 0.3) is 0 Å².